The van der Waals surface area contributed by atoms with Crippen LogP contribution in [0.4, 0.5) is 0 Å². The van der Waals surface area contributed by atoms with Gasteiger partial charge in [-0.15, -0.1) is 0 Å². The standard InChI is InChI=1S/C24H34N2O4/c1-2-5-22(27)26-12-8-18(9-13-26)23(28)25-17-24(10-3-4-11-24)19-6-7-20-21(16-19)30-15-14-29-20/h6-7,16,18H,2-5,8-15,17H2,1H3,(H,25,28). The third-order valence-corrected chi connectivity index (χ3v) is 7.00. The monoisotopic (exact) mass is 414 g/mol. The maximum atomic E-state index is 12.9. The number of rotatable bonds is 6. The highest BCUT2D eigenvalue weighted by Crippen LogP contribution is 2.44. The van der Waals surface area contributed by atoms with Gasteiger partial charge in [0.25, 0.3) is 0 Å². The fraction of sp³-hybridized carbons (Fsp3) is 0.667. The van der Waals surface area contributed by atoms with E-state index in [1.165, 1.54) is 18.4 Å². The van der Waals surface area contributed by atoms with Crippen molar-refractivity contribution in [2.75, 3.05) is 32.8 Å². The molecule has 0 unspecified atom stereocenters. The summed E-state index contributed by atoms with van der Waals surface area (Å²) in [7, 11) is 0. The second kappa shape index (κ2) is 9.27. The van der Waals surface area contributed by atoms with Crippen LogP contribution in [0.3, 0.4) is 0 Å². The van der Waals surface area contributed by atoms with Crippen LogP contribution >= 0.6 is 0 Å². The number of likely N-dealkylation sites (tertiary alicyclic amines) is 1. The molecule has 1 aliphatic carbocycles. The molecule has 30 heavy (non-hydrogen) atoms. The molecule has 2 amide bonds. The second-order valence-electron chi connectivity index (χ2n) is 8.97. The summed E-state index contributed by atoms with van der Waals surface area (Å²) in [5.41, 5.74) is 1.22. The second-order valence-corrected chi connectivity index (χ2v) is 8.97. The van der Waals surface area contributed by atoms with Crippen LogP contribution in [-0.2, 0) is 15.0 Å². The number of amides is 2. The molecule has 2 heterocycles. The summed E-state index contributed by atoms with van der Waals surface area (Å²) >= 11 is 0. The Morgan fingerprint density at radius 1 is 1.10 bits per heavy atom. The molecular formula is C24H34N2O4. The van der Waals surface area contributed by atoms with Gasteiger partial charge in [-0.2, -0.15) is 0 Å². The predicted octanol–water partition coefficient (Wildman–Crippen LogP) is 3.42. The minimum atomic E-state index is -0.0245. The first-order valence-electron chi connectivity index (χ1n) is 11.6. The molecular weight excluding hydrogens is 380 g/mol. The zero-order valence-corrected chi connectivity index (χ0v) is 18.1. The maximum absolute atomic E-state index is 12.9. The number of carbonyl (C=O) groups is 2. The molecule has 164 valence electrons. The molecule has 4 rings (SSSR count). The summed E-state index contributed by atoms with van der Waals surface area (Å²) in [6, 6.07) is 6.27. The molecule has 6 heteroatoms. The van der Waals surface area contributed by atoms with E-state index in [1.54, 1.807) is 0 Å². The molecule has 1 saturated heterocycles. The molecule has 0 aromatic heterocycles. The van der Waals surface area contributed by atoms with Crippen LogP contribution in [0.25, 0.3) is 0 Å². The number of benzene rings is 1. The van der Waals surface area contributed by atoms with E-state index < -0.39 is 0 Å². The van der Waals surface area contributed by atoms with Crippen molar-refractivity contribution in [3.05, 3.63) is 23.8 Å². The lowest BCUT2D eigenvalue weighted by molar-refractivity contribution is -0.135. The average molecular weight is 415 g/mol. The van der Waals surface area contributed by atoms with Crippen LogP contribution in [0.1, 0.15) is 63.9 Å². The Morgan fingerprint density at radius 3 is 2.50 bits per heavy atom. The summed E-state index contributed by atoms with van der Waals surface area (Å²) in [6.45, 7) is 5.27. The Balaban J connectivity index is 1.36. The highest BCUT2D eigenvalue weighted by Gasteiger charge is 2.37. The summed E-state index contributed by atoms with van der Waals surface area (Å²) in [6.07, 6.45) is 7.53. The summed E-state index contributed by atoms with van der Waals surface area (Å²) in [4.78, 5) is 26.9. The van der Waals surface area contributed by atoms with E-state index in [-0.39, 0.29) is 23.1 Å². The lowest BCUT2D eigenvalue weighted by Crippen LogP contribution is -2.46. The minimum Gasteiger partial charge on any atom is -0.486 e. The Kier molecular flexibility index (Phi) is 6.49. The predicted molar refractivity (Wildman–Crippen MR) is 115 cm³/mol. The molecule has 2 fully saturated rings. The molecule has 1 aromatic carbocycles. The smallest absolute Gasteiger partial charge is 0.223 e. The van der Waals surface area contributed by atoms with Crippen molar-refractivity contribution in [2.45, 2.75) is 63.7 Å². The van der Waals surface area contributed by atoms with Gasteiger partial charge in [-0.3, -0.25) is 9.59 Å². The van der Waals surface area contributed by atoms with Gasteiger partial charge in [0.15, 0.2) is 11.5 Å². The van der Waals surface area contributed by atoms with Gasteiger partial charge < -0.3 is 19.7 Å². The van der Waals surface area contributed by atoms with Crippen molar-refractivity contribution in [1.29, 1.82) is 0 Å². The summed E-state index contributed by atoms with van der Waals surface area (Å²) < 4.78 is 11.5. The fourth-order valence-electron chi connectivity index (χ4n) is 5.16. The normalized spacial score (nSPS) is 20.8. The number of hydrogen-bond acceptors (Lipinski definition) is 4. The zero-order valence-electron chi connectivity index (χ0n) is 18.1. The SMILES string of the molecule is CCCC(=O)N1CCC(C(=O)NCC2(c3ccc4c(c3)OCCO4)CCCC2)CC1. The van der Waals surface area contributed by atoms with E-state index in [9.17, 15) is 9.59 Å². The highest BCUT2D eigenvalue weighted by molar-refractivity contribution is 5.80. The van der Waals surface area contributed by atoms with Crippen molar-refractivity contribution >= 4 is 11.8 Å². The molecule has 0 bridgehead atoms. The van der Waals surface area contributed by atoms with E-state index in [0.29, 0.717) is 39.3 Å². The molecule has 0 spiro atoms. The molecule has 0 radical (unpaired) electrons. The summed E-state index contributed by atoms with van der Waals surface area (Å²) in [5, 5.41) is 3.27. The van der Waals surface area contributed by atoms with E-state index in [1.807, 2.05) is 17.9 Å². The molecule has 0 atom stereocenters. The van der Waals surface area contributed by atoms with Gasteiger partial charge in [0.1, 0.15) is 13.2 Å². The summed E-state index contributed by atoms with van der Waals surface area (Å²) in [5.74, 6) is 2.00. The third-order valence-electron chi connectivity index (χ3n) is 7.00. The van der Waals surface area contributed by atoms with Gasteiger partial charge in [-0.05, 0) is 49.8 Å². The van der Waals surface area contributed by atoms with Gasteiger partial charge in [0.2, 0.25) is 11.8 Å². The van der Waals surface area contributed by atoms with Crippen LogP contribution in [-0.4, -0.2) is 49.6 Å². The highest BCUT2D eigenvalue weighted by atomic mass is 16.6. The molecule has 1 N–H and O–H groups in total. The zero-order chi connectivity index (χ0) is 21.0. The minimum absolute atomic E-state index is 0.00870. The van der Waals surface area contributed by atoms with E-state index in [4.69, 9.17) is 9.47 Å². The number of ether oxygens (including phenoxy) is 2. The van der Waals surface area contributed by atoms with E-state index >= 15 is 0 Å². The van der Waals surface area contributed by atoms with Crippen molar-refractivity contribution < 1.29 is 19.1 Å². The molecule has 1 saturated carbocycles. The number of piperidine rings is 1. The topological polar surface area (TPSA) is 67.9 Å². The first kappa shape index (κ1) is 21.0. The van der Waals surface area contributed by atoms with Crippen LogP contribution in [0, 0.1) is 5.92 Å². The first-order chi connectivity index (χ1) is 14.6. The average Bonchev–Trinajstić information content (AvgIpc) is 3.27. The Morgan fingerprint density at radius 2 is 1.80 bits per heavy atom. The van der Waals surface area contributed by atoms with Crippen molar-refractivity contribution in [3.63, 3.8) is 0 Å². The first-order valence-corrected chi connectivity index (χ1v) is 11.6. The van der Waals surface area contributed by atoms with E-state index in [2.05, 4.69) is 17.4 Å². The number of fused-ring (bicyclic) bond motifs is 1. The van der Waals surface area contributed by atoms with Gasteiger partial charge in [-0.25, -0.2) is 0 Å². The fourth-order valence-corrected chi connectivity index (χ4v) is 5.16. The molecule has 6 nitrogen and oxygen atoms in total. The van der Waals surface area contributed by atoms with Crippen LogP contribution in [0.5, 0.6) is 11.5 Å². The largest absolute Gasteiger partial charge is 0.486 e. The van der Waals surface area contributed by atoms with Crippen LogP contribution in [0.15, 0.2) is 18.2 Å². The molecule has 3 aliphatic rings. The molecule has 2 aliphatic heterocycles. The number of nitrogens with one attached hydrogen (secondary N) is 1. The van der Waals surface area contributed by atoms with Crippen molar-refractivity contribution in [2.24, 2.45) is 5.92 Å². The number of nitrogens with zero attached hydrogens (tertiary/aromatic N) is 1. The Bertz CT molecular complexity index is 764. The number of carbonyl (C=O) groups excluding carboxylic acids is 2. The van der Waals surface area contributed by atoms with Crippen LogP contribution in [0.2, 0.25) is 0 Å². The maximum Gasteiger partial charge on any atom is 0.223 e. The Hall–Kier alpha value is -2.24. The van der Waals surface area contributed by atoms with Crippen molar-refractivity contribution in [1.82, 2.24) is 10.2 Å². The van der Waals surface area contributed by atoms with Gasteiger partial charge in [0, 0.05) is 37.4 Å². The van der Waals surface area contributed by atoms with Gasteiger partial charge in [-0.1, -0.05) is 25.8 Å². The van der Waals surface area contributed by atoms with Crippen molar-refractivity contribution in [3.8, 4) is 11.5 Å². The lowest BCUT2D eigenvalue weighted by atomic mass is 9.78. The lowest BCUT2D eigenvalue weighted by Gasteiger charge is -2.34. The van der Waals surface area contributed by atoms with Gasteiger partial charge >= 0.3 is 0 Å². The third kappa shape index (κ3) is 4.42. The van der Waals surface area contributed by atoms with Crippen LogP contribution < -0.4 is 14.8 Å². The molecule has 1 aromatic rings. The quantitative estimate of drug-likeness (QED) is 0.774. The van der Waals surface area contributed by atoms with E-state index in [0.717, 1.165) is 43.6 Å². The number of hydrogen-bond donors (Lipinski definition) is 1. The Labute approximate surface area is 179 Å². The van der Waals surface area contributed by atoms with Gasteiger partial charge in [0.05, 0.1) is 0 Å².